The van der Waals surface area contributed by atoms with Gasteiger partial charge in [0, 0.05) is 0 Å². The second-order valence-corrected chi connectivity index (χ2v) is 3.92. The van der Waals surface area contributed by atoms with Crippen LogP contribution >= 0.6 is 0 Å². The Bertz CT molecular complexity index is 290. The Balaban J connectivity index is 4.06. The van der Waals surface area contributed by atoms with Gasteiger partial charge in [0.1, 0.15) is 0 Å². The van der Waals surface area contributed by atoms with Crippen LogP contribution in [-0.4, -0.2) is 27.2 Å². The van der Waals surface area contributed by atoms with E-state index in [2.05, 4.69) is 15.5 Å². The van der Waals surface area contributed by atoms with E-state index in [1.54, 1.807) is 0 Å². The van der Waals surface area contributed by atoms with Crippen molar-refractivity contribution in [2.75, 3.05) is 12.9 Å². The van der Waals surface area contributed by atoms with E-state index in [4.69, 9.17) is 0 Å². The maximum atomic E-state index is 10.9. The van der Waals surface area contributed by atoms with Crippen LogP contribution in [0.15, 0.2) is 12.3 Å². The highest BCUT2D eigenvalue weighted by Crippen LogP contribution is 2.02. The Morgan fingerprint density at radius 3 is 2.38 bits per heavy atom. The summed E-state index contributed by atoms with van der Waals surface area (Å²) in [6.07, 6.45) is 1.48. The van der Waals surface area contributed by atoms with E-state index in [0.717, 1.165) is 6.26 Å². The third-order valence-corrected chi connectivity index (χ3v) is 1.42. The monoisotopic (exact) mass is 208 g/mol. The predicted octanol–water partition coefficient (Wildman–Crippen LogP) is 0.429. The Labute approximate surface area is 77.5 Å². The fourth-order valence-corrected chi connectivity index (χ4v) is 0.925. The molecule has 0 unspecified atom stereocenters. The molecule has 0 atom stereocenters. The number of ether oxygens (including phenoxy) is 1. The second-order valence-electron chi connectivity index (χ2n) is 2.35. The summed E-state index contributed by atoms with van der Waals surface area (Å²) < 4.78 is 29.8. The zero-order valence-corrected chi connectivity index (χ0v) is 8.39. The van der Waals surface area contributed by atoms with Gasteiger partial charge in [0.15, 0.2) is 0 Å². The molecule has 0 saturated heterocycles. The Kier molecular flexibility index (Phi) is 4.47. The van der Waals surface area contributed by atoms with E-state index in [1.807, 2.05) is 6.92 Å². The molecule has 0 spiro atoms. The summed E-state index contributed by atoms with van der Waals surface area (Å²) in [5.41, 5.74) is 0. The molecule has 5 nitrogen and oxygen atoms in total. The third-order valence-electron chi connectivity index (χ3n) is 0.917. The molecule has 0 aromatic heterocycles. The molecule has 6 heteroatoms. The lowest BCUT2D eigenvalue weighted by atomic mass is 10.5. The first-order valence-corrected chi connectivity index (χ1v) is 5.44. The number of carbonyl (C=O) groups excluding carboxylic acids is 1. The fourth-order valence-electron chi connectivity index (χ4n) is 0.492. The van der Waals surface area contributed by atoms with Gasteiger partial charge in [-0.1, -0.05) is 6.92 Å². The second kappa shape index (κ2) is 4.86. The lowest BCUT2D eigenvalue weighted by molar-refractivity contribution is -0.141. The summed E-state index contributed by atoms with van der Waals surface area (Å²) in [6.45, 7) is 5.14. The first kappa shape index (κ1) is 12.0. The van der Waals surface area contributed by atoms with Crippen LogP contribution in [0.5, 0.6) is 0 Å². The molecule has 0 aromatic rings. The maximum Gasteiger partial charge on any atom is 0.374 e. The molecule has 0 aromatic carbocycles. The van der Waals surface area contributed by atoms with Crippen molar-refractivity contribution in [2.45, 2.75) is 13.3 Å². The molecule has 0 aliphatic heterocycles. The van der Waals surface area contributed by atoms with Gasteiger partial charge in [-0.2, -0.15) is 8.42 Å². The number of rotatable bonds is 5. The van der Waals surface area contributed by atoms with E-state index >= 15 is 0 Å². The van der Waals surface area contributed by atoms with Crippen LogP contribution in [0.2, 0.25) is 0 Å². The standard InChI is InChI=1S/C7H12O5S/c1-4-5-11-7(8)6(2)12-13(3,9)10/h2,4-5H2,1,3H3. The van der Waals surface area contributed by atoms with Crippen molar-refractivity contribution < 1.29 is 22.1 Å². The fraction of sp³-hybridized carbons (Fsp3) is 0.571. The molecule has 0 heterocycles. The molecule has 0 N–H and O–H groups in total. The van der Waals surface area contributed by atoms with Gasteiger partial charge in [-0.25, -0.2) is 4.79 Å². The van der Waals surface area contributed by atoms with Crippen molar-refractivity contribution >= 4 is 16.1 Å². The van der Waals surface area contributed by atoms with Crippen molar-refractivity contribution in [3.8, 4) is 0 Å². The van der Waals surface area contributed by atoms with Gasteiger partial charge in [-0.15, -0.1) is 0 Å². The minimum atomic E-state index is -3.69. The Hall–Kier alpha value is -1.04. The Morgan fingerprint density at radius 2 is 2.00 bits per heavy atom. The topological polar surface area (TPSA) is 69.7 Å². The van der Waals surface area contributed by atoms with Gasteiger partial charge in [0.25, 0.3) is 0 Å². The summed E-state index contributed by atoms with van der Waals surface area (Å²) >= 11 is 0. The van der Waals surface area contributed by atoms with Crippen LogP contribution in [0.1, 0.15) is 13.3 Å². The van der Waals surface area contributed by atoms with Gasteiger partial charge in [-0.3, -0.25) is 0 Å². The van der Waals surface area contributed by atoms with Gasteiger partial charge in [-0.05, 0) is 13.0 Å². The van der Waals surface area contributed by atoms with Crippen LogP contribution in [0.3, 0.4) is 0 Å². The van der Waals surface area contributed by atoms with Crippen molar-refractivity contribution in [2.24, 2.45) is 0 Å². The van der Waals surface area contributed by atoms with Gasteiger partial charge < -0.3 is 8.92 Å². The van der Waals surface area contributed by atoms with Crippen LogP contribution in [-0.2, 0) is 23.8 Å². The predicted molar refractivity (Wildman–Crippen MR) is 46.3 cm³/mol. The number of hydrogen-bond acceptors (Lipinski definition) is 5. The zero-order chi connectivity index (χ0) is 10.5. The van der Waals surface area contributed by atoms with Crippen LogP contribution in [0.4, 0.5) is 0 Å². The van der Waals surface area contributed by atoms with E-state index in [0.29, 0.717) is 6.42 Å². The van der Waals surface area contributed by atoms with Gasteiger partial charge in [0.2, 0.25) is 5.76 Å². The summed E-state index contributed by atoms with van der Waals surface area (Å²) in [6, 6.07) is 0. The van der Waals surface area contributed by atoms with Crippen molar-refractivity contribution in [1.82, 2.24) is 0 Å². The molecule has 0 radical (unpaired) electrons. The van der Waals surface area contributed by atoms with Crippen molar-refractivity contribution in [3.63, 3.8) is 0 Å². The highest BCUT2D eigenvalue weighted by molar-refractivity contribution is 7.86. The lowest BCUT2D eigenvalue weighted by Gasteiger charge is -2.05. The lowest BCUT2D eigenvalue weighted by Crippen LogP contribution is -2.13. The van der Waals surface area contributed by atoms with Crippen LogP contribution in [0, 0.1) is 0 Å². The molecule has 0 rings (SSSR count). The molecule has 76 valence electrons. The van der Waals surface area contributed by atoms with Crippen LogP contribution in [0.25, 0.3) is 0 Å². The molecule has 0 aliphatic rings. The quantitative estimate of drug-likeness (QED) is 0.283. The number of carbonyl (C=O) groups is 1. The average Bonchev–Trinajstić information content (AvgIpc) is 1.96. The first-order valence-electron chi connectivity index (χ1n) is 3.62. The third kappa shape index (κ3) is 6.15. The van der Waals surface area contributed by atoms with E-state index < -0.39 is 21.8 Å². The Morgan fingerprint density at radius 1 is 1.46 bits per heavy atom. The average molecular weight is 208 g/mol. The molecule has 0 amide bonds. The summed E-state index contributed by atoms with van der Waals surface area (Å²) in [5, 5.41) is 0. The molecular formula is C7H12O5S. The van der Waals surface area contributed by atoms with E-state index in [9.17, 15) is 13.2 Å². The van der Waals surface area contributed by atoms with Crippen LogP contribution < -0.4 is 0 Å². The van der Waals surface area contributed by atoms with E-state index in [1.165, 1.54) is 0 Å². The summed E-state index contributed by atoms with van der Waals surface area (Å²) in [5.74, 6) is -1.37. The molecule has 0 aliphatic carbocycles. The SMILES string of the molecule is C=C(OS(C)(=O)=O)C(=O)OCCC. The smallest absolute Gasteiger partial charge is 0.374 e. The maximum absolute atomic E-state index is 10.9. The largest absolute Gasteiger partial charge is 0.460 e. The van der Waals surface area contributed by atoms with Crippen molar-refractivity contribution in [1.29, 1.82) is 0 Å². The molecule has 0 saturated carbocycles. The minimum absolute atomic E-state index is 0.213. The van der Waals surface area contributed by atoms with E-state index in [-0.39, 0.29) is 6.61 Å². The van der Waals surface area contributed by atoms with Gasteiger partial charge >= 0.3 is 16.1 Å². The molecule has 0 bridgehead atoms. The summed E-state index contributed by atoms with van der Waals surface area (Å²) in [4.78, 5) is 10.9. The number of hydrogen-bond donors (Lipinski definition) is 0. The molecule has 13 heavy (non-hydrogen) atoms. The zero-order valence-electron chi connectivity index (χ0n) is 7.57. The highest BCUT2D eigenvalue weighted by atomic mass is 32.2. The first-order chi connectivity index (χ1) is 5.87. The van der Waals surface area contributed by atoms with Gasteiger partial charge in [0.05, 0.1) is 12.9 Å². The number of esters is 1. The normalized spacial score (nSPS) is 10.6. The highest BCUT2D eigenvalue weighted by Gasteiger charge is 2.14. The minimum Gasteiger partial charge on any atom is -0.460 e. The molecule has 0 fully saturated rings. The van der Waals surface area contributed by atoms with Crippen molar-refractivity contribution in [3.05, 3.63) is 12.3 Å². The molecular weight excluding hydrogens is 196 g/mol. The summed E-state index contributed by atoms with van der Waals surface area (Å²) in [7, 11) is -3.69.